The van der Waals surface area contributed by atoms with Gasteiger partial charge in [-0.3, -0.25) is 10.1 Å². The molecule has 3 aromatic rings. The molecule has 0 saturated carbocycles. The van der Waals surface area contributed by atoms with E-state index in [9.17, 15) is 32.6 Å². The zero-order valence-electron chi connectivity index (χ0n) is 18.6. The lowest BCUT2D eigenvalue weighted by Crippen LogP contribution is -2.12. The van der Waals surface area contributed by atoms with Crippen LogP contribution in [0, 0.1) is 10.1 Å². The molecule has 2 aromatic carbocycles. The molecular formula is C22H15Cl2F3N2O7P+. The Hall–Kier alpha value is -3.31. The van der Waals surface area contributed by atoms with Gasteiger partial charge in [-0.15, -0.1) is 0 Å². The van der Waals surface area contributed by atoms with Crippen LogP contribution in [0.15, 0.2) is 48.7 Å². The summed E-state index contributed by atoms with van der Waals surface area (Å²) in [6, 6.07) is 8.42. The predicted molar refractivity (Wildman–Crippen MR) is 127 cm³/mol. The molecule has 0 amide bonds. The number of nitro groups is 1. The van der Waals surface area contributed by atoms with Crippen LogP contribution < -0.4 is 10.0 Å². The maximum Gasteiger partial charge on any atom is 0.559 e. The summed E-state index contributed by atoms with van der Waals surface area (Å²) in [6.45, 7) is 0.839. The monoisotopic (exact) mass is 577 g/mol. The van der Waals surface area contributed by atoms with Crippen LogP contribution in [0.2, 0.25) is 10.0 Å². The van der Waals surface area contributed by atoms with Gasteiger partial charge >= 0.3 is 31.2 Å². The molecule has 9 nitrogen and oxygen atoms in total. The summed E-state index contributed by atoms with van der Waals surface area (Å²) in [7, 11) is -2.94. The van der Waals surface area contributed by atoms with Crippen molar-refractivity contribution in [1.29, 1.82) is 0 Å². The van der Waals surface area contributed by atoms with Crippen LogP contribution >= 0.6 is 31.2 Å². The van der Waals surface area contributed by atoms with Crippen molar-refractivity contribution in [1.82, 2.24) is 4.98 Å². The number of ether oxygens (including phenoxy) is 2. The van der Waals surface area contributed by atoms with Crippen LogP contribution in [-0.4, -0.2) is 22.7 Å². The number of aryl methyl sites for hydroxylation is 1. The van der Waals surface area contributed by atoms with Crippen molar-refractivity contribution < 1.29 is 41.5 Å². The molecule has 1 aromatic heterocycles. The second kappa shape index (κ2) is 11.8. The first-order valence-corrected chi connectivity index (χ1v) is 12.1. The number of alkyl halides is 3. The van der Waals surface area contributed by atoms with Crippen molar-refractivity contribution in [3.05, 3.63) is 85.5 Å². The number of pyridine rings is 1. The minimum Gasteiger partial charge on any atom is -0.437 e. The minimum atomic E-state index is -4.68. The summed E-state index contributed by atoms with van der Waals surface area (Å²) in [6.07, 6.45) is -3.97. The third kappa shape index (κ3) is 7.14. The highest BCUT2D eigenvalue weighted by Gasteiger charge is 2.36. The fourth-order valence-corrected chi connectivity index (χ4v) is 4.07. The number of rotatable bonds is 9. The minimum absolute atomic E-state index is 0.0950. The fraction of sp³-hybridized carbons (Fsp3) is 0.182. The number of hydrogen-bond acceptors (Lipinski definition) is 8. The first-order chi connectivity index (χ1) is 17.4. The van der Waals surface area contributed by atoms with Crippen molar-refractivity contribution in [3.8, 4) is 11.6 Å². The number of carbonyl (C=O) groups is 1. The van der Waals surface area contributed by atoms with Gasteiger partial charge in [0.05, 0.1) is 16.1 Å². The molecule has 0 fully saturated rings. The van der Waals surface area contributed by atoms with Crippen LogP contribution in [0.1, 0.15) is 28.4 Å². The Morgan fingerprint density at radius 1 is 1.16 bits per heavy atom. The van der Waals surface area contributed by atoms with E-state index in [4.69, 9.17) is 37.2 Å². The number of aromatic nitrogens is 1. The van der Waals surface area contributed by atoms with Crippen LogP contribution in [0.25, 0.3) is 0 Å². The van der Waals surface area contributed by atoms with Gasteiger partial charge < -0.3 is 9.47 Å². The van der Waals surface area contributed by atoms with E-state index in [1.54, 1.807) is 6.92 Å². The number of nitro benzene ring substituents is 1. The lowest BCUT2D eigenvalue weighted by atomic mass is 10.1. The first-order valence-electron chi connectivity index (χ1n) is 10.2. The molecule has 0 radical (unpaired) electrons. The van der Waals surface area contributed by atoms with Gasteiger partial charge in [-0.1, -0.05) is 34.6 Å². The Kier molecular flexibility index (Phi) is 9.03. The van der Waals surface area contributed by atoms with Gasteiger partial charge in [0, 0.05) is 28.9 Å². The van der Waals surface area contributed by atoms with E-state index in [2.05, 4.69) is 4.98 Å². The SMILES string of the molecule is CCc1cc([N+](=O)[O-])c([P+](=O)OCOC(=O)c2ccc(Cl)cc2)cc1Oc1ncc(C(F)(F)F)cc1Cl. The summed E-state index contributed by atoms with van der Waals surface area (Å²) in [5, 5.41) is 11.1. The number of hydrogen-bond donors (Lipinski definition) is 0. The van der Waals surface area contributed by atoms with Crippen molar-refractivity contribution in [3.63, 3.8) is 0 Å². The van der Waals surface area contributed by atoms with Crippen LogP contribution in [0.4, 0.5) is 18.9 Å². The molecule has 1 atom stereocenters. The lowest BCUT2D eigenvalue weighted by Gasteiger charge is -2.12. The highest BCUT2D eigenvalue weighted by atomic mass is 35.5. The number of halogens is 5. The van der Waals surface area contributed by atoms with E-state index in [-0.39, 0.29) is 23.3 Å². The summed E-state index contributed by atoms with van der Waals surface area (Å²) in [4.78, 5) is 26.4. The Labute approximate surface area is 218 Å². The topological polar surface area (TPSA) is 118 Å². The normalized spacial score (nSPS) is 11.7. The molecule has 37 heavy (non-hydrogen) atoms. The average Bonchev–Trinajstić information content (AvgIpc) is 2.84. The Morgan fingerprint density at radius 2 is 1.84 bits per heavy atom. The second-order valence-corrected chi connectivity index (χ2v) is 9.21. The zero-order valence-corrected chi connectivity index (χ0v) is 21.0. The number of nitrogens with zero attached hydrogens (tertiary/aromatic N) is 2. The van der Waals surface area contributed by atoms with E-state index in [1.165, 1.54) is 24.3 Å². The molecule has 3 rings (SSSR count). The molecule has 0 aliphatic rings. The highest BCUT2D eigenvalue weighted by Crippen LogP contribution is 2.38. The Bertz CT molecular complexity index is 1360. The second-order valence-electron chi connectivity index (χ2n) is 7.11. The molecule has 1 unspecified atom stereocenters. The fourth-order valence-electron chi connectivity index (χ4n) is 2.89. The van der Waals surface area contributed by atoms with Crippen molar-refractivity contribution in [2.75, 3.05) is 6.79 Å². The molecule has 0 spiro atoms. The molecule has 0 saturated heterocycles. The standard InChI is InChI=1S/C22H15Cl2F3N2O7P/c1-2-12-7-17(29(31)32)19(37(33)35-11-34-21(30)13-3-5-15(23)6-4-13)9-18(12)36-20-16(24)8-14(10-28-20)22(25,26)27/h3-10H,2,11H2,1H3/q+1. The molecule has 0 bridgehead atoms. The predicted octanol–water partition coefficient (Wildman–Crippen LogP) is 6.87. The number of carbonyl (C=O) groups excluding carboxylic acids is 1. The van der Waals surface area contributed by atoms with E-state index in [0.29, 0.717) is 17.3 Å². The van der Waals surface area contributed by atoms with Gasteiger partial charge in [0.25, 0.3) is 0 Å². The highest BCUT2D eigenvalue weighted by molar-refractivity contribution is 7.48. The molecule has 1 heterocycles. The molecule has 15 heteroatoms. The molecular weight excluding hydrogens is 563 g/mol. The van der Waals surface area contributed by atoms with Gasteiger partial charge in [-0.25, -0.2) is 9.78 Å². The van der Waals surface area contributed by atoms with Crippen LogP contribution in [0.5, 0.6) is 11.6 Å². The third-order valence-corrected chi connectivity index (χ3v) is 6.33. The van der Waals surface area contributed by atoms with Crippen molar-refractivity contribution >= 4 is 48.2 Å². The van der Waals surface area contributed by atoms with Crippen molar-refractivity contribution in [2.24, 2.45) is 0 Å². The molecule has 0 aliphatic carbocycles. The van der Waals surface area contributed by atoms with Crippen molar-refractivity contribution in [2.45, 2.75) is 19.5 Å². The van der Waals surface area contributed by atoms with E-state index >= 15 is 0 Å². The van der Waals surface area contributed by atoms with Crippen LogP contribution in [0.3, 0.4) is 0 Å². The van der Waals surface area contributed by atoms with Gasteiger partial charge in [-0.2, -0.15) is 13.2 Å². The Morgan fingerprint density at radius 3 is 2.41 bits per heavy atom. The van der Waals surface area contributed by atoms with E-state index in [0.717, 1.165) is 12.1 Å². The Balaban J connectivity index is 1.83. The smallest absolute Gasteiger partial charge is 0.437 e. The summed E-state index contributed by atoms with van der Waals surface area (Å²) >= 11 is 11.6. The van der Waals surface area contributed by atoms with Gasteiger partial charge in [0.15, 0.2) is 0 Å². The van der Waals surface area contributed by atoms with Crippen LogP contribution in [-0.2, 0) is 26.4 Å². The molecule has 0 aliphatic heterocycles. The summed E-state index contributed by atoms with van der Waals surface area (Å²) < 4.78 is 66.8. The maximum atomic E-state index is 12.9. The quantitative estimate of drug-likeness (QED) is 0.0888. The number of esters is 1. The van der Waals surface area contributed by atoms with Gasteiger partial charge in [0.1, 0.15) is 10.8 Å². The number of benzene rings is 2. The summed E-state index contributed by atoms with van der Waals surface area (Å²) in [5.74, 6) is -1.32. The molecule has 194 valence electrons. The first kappa shape index (κ1) is 28.3. The third-order valence-electron chi connectivity index (χ3n) is 4.71. The average molecular weight is 578 g/mol. The summed E-state index contributed by atoms with van der Waals surface area (Å²) in [5.41, 5.74) is -1.28. The molecule has 0 N–H and O–H groups in total. The van der Waals surface area contributed by atoms with Gasteiger partial charge in [-0.05, 0) is 41.3 Å². The largest absolute Gasteiger partial charge is 0.559 e. The lowest BCUT2D eigenvalue weighted by molar-refractivity contribution is -0.383. The van der Waals surface area contributed by atoms with E-state index in [1.807, 2.05) is 0 Å². The zero-order chi connectivity index (χ0) is 27.3. The maximum absolute atomic E-state index is 12.9. The van der Waals surface area contributed by atoms with E-state index < -0.39 is 59.3 Å². The van der Waals surface area contributed by atoms with Gasteiger partial charge in [0.2, 0.25) is 12.7 Å².